The highest BCUT2D eigenvalue weighted by molar-refractivity contribution is 7.89. The number of hydrogen-bond donors (Lipinski definition) is 0. The van der Waals surface area contributed by atoms with Crippen LogP contribution in [0.5, 0.6) is 0 Å². The van der Waals surface area contributed by atoms with E-state index in [2.05, 4.69) is 21.8 Å². The van der Waals surface area contributed by atoms with Gasteiger partial charge in [0.25, 0.3) is 0 Å². The lowest BCUT2D eigenvalue weighted by molar-refractivity contribution is 0.222. The van der Waals surface area contributed by atoms with Crippen molar-refractivity contribution < 1.29 is 8.42 Å². The number of anilines is 1. The highest BCUT2D eigenvalue weighted by Crippen LogP contribution is 2.26. The van der Waals surface area contributed by atoms with Gasteiger partial charge in [-0.3, -0.25) is 0 Å². The summed E-state index contributed by atoms with van der Waals surface area (Å²) in [4.78, 5) is 9.08. The topological polar surface area (TPSA) is 56.8 Å². The molecule has 1 saturated carbocycles. The van der Waals surface area contributed by atoms with Crippen molar-refractivity contribution in [2.45, 2.75) is 43.0 Å². The van der Waals surface area contributed by atoms with Crippen molar-refractivity contribution in [3.8, 4) is 0 Å². The largest absolute Gasteiger partial charge is 0.357 e. The van der Waals surface area contributed by atoms with Gasteiger partial charge in [-0.15, -0.1) is 0 Å². The molecule has 1 aromatic heterocycles. The van der Waals surface area contributed by atoms with Crippen molar-refractivity contribution in [2.75, 3.05) is 45.2 Å². The second kappa shape index (κ2) is 7.37. The highest BCUT2D eigenvalue weighted by atomic mass is 32.2. The van der Waals surface area contributed by atoms with Crippen molar-refractivity contribution in [1.29, 1.82) is 0 Å². The summed E-state index contributed by atoms with van der Waals surface area (Å²) in [6, 6.07) is 4.07. The quantitative estimate of drug-likeness (QED) is 0.827. The van der Waals surface area contributed by atoms with Crippen LogP contribution in [0.2, 0.25) is 0 Å². The fourth-order valence-corrected chi connectivity index (χ4v) is 4.93. The summed E-state index contributed by atoms with van der Waals surface area (Å²) < 4.78 is 27.0. The molecule has 1 aliphatic heterocycles. The van der Waals surface area contributed by atoms with Gasteiger partial charge in [0.2, 0.25) is 10.0 Å². The highest BCUT2D eigenvalue weighted by Gasteiger charge is 2.28. The molecule has 2 heterocycles. The van der Waals surface area contributed by atoms with Crippen molar-refractivity contribution in [3.63, 3.8) is 0 Å². The van der Waals surface area contributed by atoms with E-state index in [1.54, 1.807) is 10.4 Å². The van der Waals surface area contributed by atoms with Gasteiger partial charge in [-0.05, 0) is 32.0 Å². The first-order chi connectivity index (χ1) is 11.5. The Morgan fingerprint density at radius 2 is 1.75 bits per heavy atom. The van der Waals surface area contributed by atoms with Crippen molar-refractivity contribution in [1.82, 2.24) is 14.2 Å². The number of rotatable bonds is 4. The zero-order valence-electron chi connectivity index (χ0n) is 14.7. The SMILES string of the molecule is CN1CCN(S(=O)(=O)c2ccc(N(C)C3CCCCC3)nc2)CC1. The summed E-state index contributed by atoms with van der Waals surface area (Å²) in [5.74, 6) is 0.860. The van der Waals surface area contributed by atoms with Gasteiger partial charge in [-0.25, -0.2) is 13.4 Å². The first-order valence-corrected chi connectivity index (χ1v) is 10.3. The smallest absolute Gasteiger partial charge is 0.244 e. The van der Waals surface area contributed by atoms with Gasteiger partial charge in [0.1, 0.15) is 10.7 Å². The lowest BCUT2D eigenvalue weighted by Crippen LogP contribution is -2.47. The molecular formula is C17H28N4O2S. The molecular weight excluding hydrogens is 324 g/mol. The number of piperazine rings is 1. The van der Waals surface area contributed by atoms with Crippen LogP contribution >= 0.6 is 0 Å². The molecule has 1 aliphatic carbocycles. The summed E-state index contributed by atoms with van der Waals surface area (Å²) >= 11 is 0. The van der Waals surface area contributed by atoms with E-state index in [0.717, 1.165) is 18.9 Å². The van der Waals surface area contributed by atoms with Crippen LogP contribution in [-0.2, 0) is 10.0 Å². The average Bonchev–Trinajstić information content (AvgIpc) is 2.62. The molecule has 2 aliphatic rings. The van der Waals surface area contributed by atoms with Crippen LogP contribution in [0.25, 0.3) is 0 Å². The standard InChI is InChI=1S/C17H28N4O2S/c1-19-10-12-21(13-11-19)24(22,23)16-8-9-17(18-14-16)20(2)15-6-4-3-5-7-15/h8-9,14-15H,3-7,10-13H2,1-2H3. The summed E-state index contributed by atoms with van der Waals surface area (Å²) in [6.45, 7) is 2.63. The van der Waals surface area contributed by atoms with Gasteiger partial charge in [0, 0.05) is 45.5 Å². The molecule has 24 heavy (non-hydrogen) atoms. The zero-order valence-corrected chi connectivity index (χ0v) is 15.5. The molecule has 0 unspecified atom stereocenters. The molecule has 3 rings (SSSR count). The van der Waals surface area contributed by atoms with Crippen LogP contribution < -0.4 is 4.90 Å². The molecule has 1 aromatic rings. The zero-order chi connectivity index (χ0) is 17.2. The predicted octanol–water partition coefficient (Wildman–Crippen LogP) is 1.79. The van der Waals surface area contributed by atoms with Crippen molar-refractivity contribution >= 4 is 15.8 Å². The number of nitrogens with zero attached hydrogens (tertiary/aromatic N) is 4. The predicted molar refractivity (Wildman–Crippen MR) is 95.8 cm³/mol. The maximum atomic E-state index is 12.7. The van der Waals surface area contributed by atoms with Crippen LogP contribution in [0.15, 0.2) is 23.2 Å². The molecule has 0 N–H and O–H groups in total. The van der Waals surface area contributed by atoms with Gasteiger partial charge in [-0.2, -0.15) is 4.31 Å². The lowest BCUT2D eigenvalue weighted by atomic mass is 9.94. The fourth-order valence-electron chi connectivity index (χ4n) is 3.57. The van der Waals surface area contributed by atoms with Crippen LogP contribution in [0.1, 0.15) is 32.1 Å². The Kier molecular flexibility index (Phi) is 5.42. The Balaban J connectivity index is 1.71. The molecule has 2 fully saturated rings. The van der Waals surface area contributed by atoms with E-state index < -0.39 is 10.0 Å². The van der Waals surface area contributed by atoms with E-state index in [0.29, 0.717) is 24.0 Å². The van der Waals surface area contributed by atoms with E-state index in [4.69, 9.17) is 0 Å². The van der Waals surface area contributed by atoms with Crippen LogP contribution in [-0.4, -0.2) is 68.9 Å². The molecule has 0 bridgehead atoms. The van der Waals surface area contributed by atoms with Crippen LogP contribution in [0.3, 0.4) is 0 Å². The Morgan fingerprint density at radius 1 is 1.08 bits per heavy atom. The Bertz CT molecular complexity index is 633. The molecule has 0 radical (unpaired) electrons. The molecule has 1 saturated heterocycles. The van der Waals surface area contributed by atoms with Crippen LogP contribution in [0, 0.1) is 0 Å². The Labute approximate surface area is 145 Å². The van der Waals surface area contributed by atoms with Crippen LogP contribution in [0.4, 0.5) is 5.82 Å². The second-order valence-electron chi connectivity index (χ2n) is 6.96. The maximum Gasteiger partial charge on any atom is 0.244 e. The maximum absolute atomic E-state index is 12.7. The summed E-state index contributed by atoms with van der Waals surface area (Å²) in [6.07, 6.45) is 7.76. The molecule has 6 nitrogen and oxygen atoms in total. The normalized spacial score (nSPS) is 21.8. The van der Waals surface area contributed by atoms with E-state index >= 15 is 0 Å². The van der Waals surface area contributed by atoms with Gasteiger partial charge >= 0.3 is 0 Å². The summed E-state index contributed by atoms with van der Waals surface area (Å²) in [5.41, 5.74) is 0. The average molecular weight is 353 g/mol. The van der Waals surface area contributed by atoms with Gasteiger partial charge in [-0.1, -0.05) is 19.3 Å². The number of likely N-dealkylation sites (N-methyl/N-ethyl adjacent to an activating group) is 1. The molecule has 0 aromatic carbocycles. The van der Waals surface area contributed by atoms with Crippen molar-refractivity contribution in [3.05, 3.63) is 18.3 Å². The van der Waals surface area contributed by atoms with E-state index in [1.807, 2.05) is 13.1 Å². The number of pyridine rings is 1. The van der Waals surface area contributed by atoms with E-state index in [1.165, 1.54) is 38.3 Å². The minimum absolute atomic E-state index is 0.299. The molecule has 0 amide bonds. The summed E-state index contributed by atoms with van der Waals surface area (Å²) in [5, 5.41) is 0. The third kappa shape index (κ3) is 3.73. The second-order valence-corrected chi connectivity index (χ2v) is 8.90. The number of sulfonamides is 1. The van der Waals surface area contributed by atoms with E-state index in [-0.39, 0.29) is 0 Å². The van der Waals surface area contributed by atoms with Gasteiger partial charge in [0.05, 0.1) is 0 Å². The lowest BCUT2D eigenvalue weighted by Gasteiger charge is -2.33. The monoisotopic (exact) mass is 352 g/mol. The third-order valence-corrected chi connectivity index (χ3v) is 7.19. The fraction of sp³-hybridized carbons (Fsp3) is 0.706. The summed E-state index contributed by atoms with van der Waals surface area (Å²) in [7, 11) is 0.651. The van der Waals surface area contributed by atoms with E-state index in [9.17, 15) is 8.42 Å². The minimum atomic E-state index is -3.43. The first-order valence-electron chi connectivity index (χ1n) is 8.86. The van der Waals surface area contributed by atoms with Gasteiger partial charge in [0.15, 0.2) is 0 Å². The number of hydrogen-bond acceptors (Lipinski definition) is 5. The third-order valence-electron chi connectivity index (χ3n) is 5.30. The first kappa shape index (κ1) is 17.6. The molecule has 0 atom stereocenters. The molecule has 0 spiro atoms. The molecule has 7 heteroatoms. The van der Waals surface area contributed by atoms with Gasteiger partial charge < -0.3 is 9.80 Å². The Hall–Kier alpha value is -1.18. The van der Waals surface area contributed by atoms with Crippen molar-refractivity contribution in [2.24, 2.45) is 0 Å². The minimum Gasteiger partial charge on any atom is -0.357 e. The number of aromatic nitrogens is 1. The Morgan fingerprint density at radius 3 is 2.33 bits per heavy atom. The molecule has 134 valence electrons.